The third-order valence-electron chi connectivity index (χ3n) is 1.75. The van der Waals surface area contributed by atoms with Crippen LogP contribution in [0.4, 0.5) is 0 Å². The summed E-state index contributed by atoms with van der Waals surface area (Å²) in [6.45, 7) is 1.85. The molecule has 0 N–H and O–H groups in total. The van der Waals surface area contributed by atoms with Crippen LogP contribution >= 0.6 is 0 Å². The van der Waals surface area contributed by atoms with Gasteiger partial charge in [0.05, 0.1) is 6.26 Å². The van der Waals surface area contributed by atoms with Gasteiger partial charge in [0.2, 0.25) is 0 Å². The molecule has 2 heterocycles. The second kappa shape index (κ2) is 2.12. The Kier molecular flexibility index (Phi) is 1.24. The topological polar surface area (TPSA) is 39.4 Å². The molecule has 1 unspecified atom stereocenters. The van der Waals surface area contributed by atoms with Crippen LogP contribution in [0.2, 0.25) is 0 Å². The third kappa shape index (κ3) is 0.926. The summed E-state index contributed by atoms with van der Waals surface area (Å²) >= 11 is 0. The molecule has 1 aromatic rings. The highest BCUT2D eigenvalue weighted by Gasteiger charge is 2.25. The van der Waals surface area contributed by atoms with Crippen molar-refractivity contribution in [1.29, 1.82) is 0 Å². The highest BCUT2D eigenvalue weighted by Crippen LogP contribution is 2.20. The van der Waals surface area contributed by atoms with Crippen molar-refractivity contribution in [2.45, 2.75) is 19.4 Å². The number of rotatable bonds is 0. The summed E-state index contributed by atoms with van der Waals surface area (Å²) in [4.78, 5) is 11.1. The molecule has 1 aliphatic heterocycles. The number of hydrogen-bond donors (Lipinski definition) is 0. The van der Waals surface area contributed by atoms with Gasteiger partial charge in [-0.2, -0.15) is 0 Å². The summed E-state index contributed by atoms with van der Waals surface area (Å²) < 4.78 is 10.1. The predicted molar refractivity (Wildman–Crippen MR) is 37.3 cm³/mol. The summed E-state index contributed by atoms with van der Waals surface area (Å²) in [7, 11) is 0. The Labute approximate surface area is 64.0 Å². The molecule has 0 fully saturated rings. The standard InChI is InChI=1S/C8H8O3/c1-5-4-7-6(2-3-10-7)8(9)11-5/h2-3,5H,4H2,1H3. The molecule has 58 valence electrons. The van der Waals surface area contributed by atoms with E-state index in [-0.39, 0.29) is 12.1 Å². The van der Waals surface area contributed by atoms with Crippen molar-refractivity contribution in [3.05, 3.63) is 23.7 Å². The number of esters is 1. The summed E-state index contributed by atoms with van der Waals surface area (Å²) in [6.07, 6.45) is 2.15. The monoisotopic (exact) mass is 152 g/mol. The lowest BCUT2D eigenvalue weighted by Gasteiger charge is -2.16. The lowest BCUT2D eigenvalue weighted by Crippen LogP contribution is -2.23. The molecule has 0 aromatic carbocycles. The van der Waals surface area contributed by atoms with Crippen molar-refractivity contribution in [1.82, 2.24) is 0 Å². The zero-order valence-corrected chi connectivity index (χ0v) is 6.16. The van der Waals surface area contributed by atoms with E-state index >= 15 is 0 Å². The Morgan fingerprint density at radius 1 is 1.64 bits per heavy atom. The van der Waals surface area contributed by atoms with Crippen molar-refractivity contribution in [3.63, 3.8) is 0 Å². The molecule has 1 aliphatic rings. The molecule has 0 bridgehead atoms. The highest BCUT2D eigenvalue weighted by molar-refractivity contribution is 5.91. The van der Waals surface area contributed by atoms with Crippen LogP contribution in [0.1, 0.15) is 23.0 Å². The normalized spacial score (nSPS) is 22.6. The second-order valence-electron chi connectivity index (χ2n) is 2.68. The number of hydrogen-bond acceptors (Lipinski definition) is 3. The number of furan rings is 1. The van der Waals surface area contributed by atoms with E-state index in [9.17, 15) is 4.79 Å². The van der Waals surface area contributed by atoms with Crippen molar-refractivity contribution in [2.24, 2.45) is 0 Å². The first-order valence-corrected chi connectivity index (χ1v) is 3.54. The van der Waals surface area contributed by atoms with Crippen LogP contribution < -0.4 is 0 Å². The minimum absolute atomic E-state index is 0.0545. The van der Waals surface area contributed by atoms with Gasteiger partial charge in [-0.1, -0.05) is 0 Å². The predicted octanol–water partition coefficient (Wildman–Crippen LogP) is 1.38. The van der Waals surface area contributed by atoms with Gasteiger partial charge in [0.1, 0.15) is 17.4 Å². The smallest absolute Gasteiger partial charge is 0.341 e. The Bertz CT molecular complexity index is 287. The Hall–Kier alpha value is -1.25. The fourth-order valence-corrected chi connectivity index (χ4v) is 1.23. The molecule has 1 atom stereocenters. The van der Waals surface area contributed by atoms with Gasteiger partial charge in [0.25, 0.3) is 0 Å². The van der Waals surface area contributed by atoms with Gasteiger partial charge in [0.15, 0.2) is 0 Å². The van der Waals surface area contributed by atoms with E-state index in [0.717, 1.165) is 5.76 Å². The molecular formula is C8H8O3. The van der Waals surface area contributed by atoms with Gasteiger partial charge in [0, 0.05) is 6.42 Å². The van der Waals surface area contributed by atoms with Crippen molar-refractivity contribution < 1.29 is 13.9 Å². The molecule has 2 rings (SSSR count). The first-order chi connectivity index (χ1) is 5.27. The maximum absolute atomic E-state index is 11.1. The highest BCUT2D eigenvalue weighted by atomic mass is 16.5. The molecule has 0 spiro atoms. The van der Waals surface area contributed by atoms with Crippen LogP contribution in [0.15, 0.2) is 16.7 Å². The summed E-state index contributed by atoms with van der Waals surface area (Å²) in [5, 5.41) is 0. The van der Waals surface area contributed by atoms with Crippen molar-refractivity contribution in [2.75, 3.05) is 0 Å². The lowest BCUT2D eigenvalue weighted by atomic mass is 10.1. The fourth-order valence-electron chi connectivity index (χ4n) is 1.23. The number of cyclic esters (lactones) is 1. The molecule has 0 radical (unpaired) electrons. The van der Waals surface area contributed by atoms with E-state index in [1.807, 2.05) is 6.92 Å². The largest absolute Gasteiger partial charge is 0.468 e. The van der Waals surface area contributed by atoms with E-state index in [2.05, 4.69) is 0 Å². The average molecular weight is 152 g/mol. The second-order valence-corrected chi connectivity index (χ2v) is 2.68. The van der Waals surface area contributed by atoms with E-state index < -0.39 is 0 Å². The first kappa shape index (κ1) is 6.46. The summed E-state index contributed by atoms with van der Waals surface area (Å²) in [6, 6.07) is 1.64. The molecule has 0 amide bonds. The maximum Gasteiger partial charge on any atom is 0.341 e. The van der Waals surface area contributed by atoms with Crippen LogP contribution in [0.5, 0.6) is 0 Å². The maximum atomic E-state index is 11.1. The molecule has 3 heteroatoms. The van der Waals surface area contributed by atoms with E-state index in [0.29, 0.717) is 12.0 Å². The molecule has 1 aromatic heterocycles. The Balaban J connectivity index is 2.44. The van der Waals surface area contributed by atoms with Gasteiger partial charge in [-0.25, -0.2) is 4.79 Å². The van der Waals surface area contributed by atoms with Crippen LogP contribution in [-0.4, -0.2) is 12.1 Å². The number of carbonyl (C=O) groups excluding carboxylic acids is 1. The number of carbonyl (C=O) groups is 1. The third-order valence-corrected chi connectivity index (χ3v) is 1.75. The van der Waals surface area contributed by atoms with Crippen molar-refractivity contribution >= 4 is 5.97 Å². The zero-order valence-electron chi connectivity index (χ0n) is 6.16. The van der Waals surface area contributed by atoms with Crippen molar-refractivity contribution in [3.8, 4) is 0 Å². The van der Waals surface area contributed by atoms with Gasteiger partial charge in [-0.15, -0.1) is 0 Å². The van der Waals surface area contributed by atoms with Crippen LogP contribution in [0, 0.1) is 0 Å². The van der Waals surface area contributed by atoms with Gasteiger partial charge >= 0.3 is 5.97 Å². The number of fused-ring (bicyclic) bond motifs is 1. The first-order valence-electron chi connectivity index (χ1n) is 3.54. The zero-order chi connectivity index (χ0) is 7.84. The Morgan fingerprint density at radius 3 is 3.27 bits per heavy atom. The summed E-state index contributed by atoms with van der Waals surface area (Å²) in [5.41, 5.74) is 0.572. The van der Waals surface area contributed by atoms with Gasteiger partial charge < -0.3 is 9.15 Å². The van der Waals surface area contributed by atoms with Crippen LogP contribution in [-0.2, 0) is 11.2 Å². The molecule has 0 saturated carbocycles. The SMILES string of the molecule is CC1Cc2occc2C(=O)O1. The molecule has 11 heavy (non-hydrogen) atoms. The lowest BCUT2D eigenvalue weighted by molar-refractivity contribution is 0.0283. The minimum atomic E-state index is -0.271. The van der Waals surface area contributed by atoms with Crippen LogP contribution in [0.25, 0.3) is 0 Å². The van der Waals surface area contributed by atoms with Crippen LogP contribution in [0.3, 0.4) is 0 Å². The molecule has 3 nitrogen and oxygen atoms in total. The van der Waals surface area contributed by atoms with E-state index in [4.69, 9.17) is 9.15 Å². The fraction of sp³-hybridized carbons (Fsp3) is 0.375. The van der Waals surface area contributed by atoms with Gasteiger partial charge in [-0.3, -0.25) is 0 Å². The number of ether oxygens (including phenoxy) is 1. The van der Waals surface area contributed by atoms with E-state index in [1.54, 1.807) is 6.07 Å². The summed E-state index contributed by atoms with van der Waals surface area (Å²) in [5.74, 6) is 0.473. The Morgan fingerprint density at radius 2 is 2.45 bits per heavy atom. The molecule has 0 aliphatic carbocycles. The molecule has 0 saturated heterocycles. The average Bonchev–Trinajstić information content (AvgIpc) is 2.34. The molecular weight excluding hydrogens is 144 g/mol. The van der Waals surface area contributed by atoms with E-state index in [1.165, 1.54) is 6.26 Å². The van der Waals surface area contributed by atoms with Gasteiger partial charge in [-0.05, 0) is 13.0 Å². The minimum Gasteiger partial charge on any atom is -0.468 e. The quantitative estimate of drug-likeness (QED) is 0.527.